The van der Waals surface area contributed by atoms with Crippen molar-refractivity contribution in [2.45, 2.75) is 121 Å². The monoisotopic (exact) mass is 511 g/mol. The van der Waals surface area contributed by atoms with Gasteiger partial charge in [0.2, 0.25) is 5.91 Å². The van der Waals surface area contributed by atoms with Gasteiger partial charge in [-0.15, -0.1) is 0 Å². The van der Waals surface area contributed by atoms with E-state index in [0.717, 1.165) is 24.8 Å². The van der Waals surface area contributed by atoms with Gasteiger partial charge in [0.05, 0.1) is 25.7 Å². The Kier molecular flexibility index (Phi) is 14.5. The molecule has 2 rings (SSSR count). The molecule has 0 radical (unpaired) electrons. The van der Waals surface area contributed by atoms with Crippen LogP contribution in [0.4, 0.5) is 0 Å². The third-order valence-corrected chi connectivity index (χ3v) is 6.77. The van der Waals surface area contributed by atoms with E-state index in [4.69, 9.17) is 9.47 Å². The highest BCUT2D eigenvalue weighted by atomic mass is 16.6. The van der Waals surface area contributed by atoms with Gasteiger partial charge in [0.15, 0.2) is 6.29 Å². The van der Waals surface area contributed by atoms with Crippen molar-refractivity contribution in [3.8, 4) is 0 Å². The number of aliphatic hydroxyl groups is 4. The summed E-state index contributed by atoms with van der Waals surface area (Å²) in [7, 11) is 0. The molecule has 36 heavy (non-hydrogen) atoms. The summed E-state index contributed by atoms with van der Waals surface area (Å²) in [5.41, 5.74) is 0.965. The number of aliphatic hydroxyl groups excluding tert-OH is 4. The zero-order chi connectivity index (χ0) is 26.3. The zero-order valence-corrected chi connectivity index (χ0v) is 21.5. The second-order valence-corrected chi connectivity index (χ2v) is 9.70. The fraction of sp³-hybridized carbons (Fsp3) is 0.741. The molecule has 0 spiro atoms. The molecule has 1 aromatic carbocycles. The standard InChI is InChI=1S/C27H45NO8/c1-2-3-4-5-6-7-8-9-13-16-21(35-19-20-14-11-10-12-15-20)17-23(30)28(34)24-26(32)25(31)22(18-29)36-27(24)33/h10-12,14-15,21-22,24-27,29,31-34H,2-9,13,16-19H2,1H3/t21?,22-,24+,25-,26-,27+/m1/s1. The molecule has 5 N–H and O–H groups in total. The van der Waals surface area contributed by atoms with Gasteiger partial charge in [0.1, 0.15) is 24.4 Å². The number of unbranched alkanes of at least 4 members (excludes halogenated alkanes) is 8. The molecular formula is C27H45NO8. The summed E-state index contributed by atoms with van der Waals surface area (Å²) in [6.45, 7) is 1.89. The number of hydrogen-bond acceptors (Lipinski definition) is 8. The van der Waals surface area contributed by atoms with Crippen molar-refractivity contribution in [3.63, 3.8) is 0 Å². The molecule has 206 valence electrons. The third-order valence-electron chi connectivity index (χ3n) is 6.77. The summed E-state index contributed by atoms with van der Waals surface area (Å²) in [5.74, 6) is -0.759. The van der Waals surface area contributed by atoms with Crippen LogP contribution in [-0.2, 0) is 20.9 Å². The topological polar surface area (TPSA) is 140 Å². The molecule has 1 aromatic rings. The first-order valence-electron chi connectivity index (χ1n) is 13.4. The van der Waals surface area contributed by atoms with Crippen molar-refractivity contribution >= 4 is 5.91 Å². The van der Waals surface area contributed by atoms with Gasteiger partial charge < -0.3 is 29.9 Å². The van der Waals surface area contributed by atoms with Crippen molar-refractivity contribution in [1.82, 2.24) is 5.06 Å². The predicted molar refractivity (Wildman–Crippen MR) is 134 cm³/mol. The molecule has 9 nitrogen and oxygen atoms in total. The highest BCUT2D eigenvalue weighted by molar-refractivity contribution is 5.76. The van der Waals surface area contributed by atoms with Gasteiger partial charge >= 0.3 is 0 Å². The van der Waals surface area contributed by atoms with Crippen LogP contribution >= 0.6 is 0 Å². The minimum Gasteiger partial charge on any atom is -0.394 e. The van der Waals surface area contributed by atoms with E-state index in [2.05, 4.69) is 6.92 Å². The Labute approximate surface area is 214 Å². The van der Waals surface area contributed by atoms with Gasteiger partial charge in [-0.2, -0.15) is 0 Å². The molecule has 6 atom stereocenters. The van der Waals surface area contributed by atoms with Crippen LogP contribution in [0, 0.1) is 0 Å². The Hall–Kier alpha value is -1.59. The van der Waals surface area contributed by atoms with Crippen LogP contribution in [0.5, 0.6) is 0 Å². The Balaban J connectivity index is 1.88. The zero-order valence-electron chi connectivity index (χ0n) is 21.5. The molecule has 1 unspecified atom stereocenters. The molecule has 1 aliphatic rings. The van der Waals surface area contributed by atoms with Crippen LogP contribution in [0.3, 0.4) is 0 Å². The van der Waals surface area contributed by atoms with E-state index < -0.39 is 49.3 Å². The lowest BCUT2D eigenvalue weighted by molar-refractivity contribution is -0.303. The Bertz CT molecular complexity index is 721. The maximum absolute atomic E-state index is 12.9. The largest absolute Gasteiger partial charge is 0.394 e. The Morgan fingerprint density at radius 2 is 1.58 bits per heavy atom. The lowest BCUT2D eigenvalue weighted by atomic mass is 9.96. The van der Waals surface area contributed by atoms with Gasteiger partial charge in [0.25, 0.3) is 0 Å². The molecule has 1 saturated heterocycles. The lowest BCUT2D eigenvalue weighted by Gasteiger charge is -2.42. The van der Waals surface area contributed by atoms with Gasteiger partial charge in [-0.1, -0.05) is 95.0 Å². The third kappa shape index (κ3) is 10.0. The number of rotatable bonds is 17. The first-order valence-corrected chi connectivity index (χ1v) is 13.4. The fourth-order valence-electron chi connectivity index (χ4n) is 4.52. The minimum absolute atomic E-state index is 0.157. The summed E-state index contributed by atoms with van der Waals surface area (Å²) in [5, 5.41) is 50.5. The normalized spacial score (nSPS) is 25.0. The van der Waals surface area contributed by atoms with Gasteiger partial charge in [-0.25, -0.2) is 5.06 Å². The first kappa shape index (κ1) is 30.6. The quantitative estimate of drug-likeness (QED) is 0.122. The van der Waals surface area contributed by atoms with Crippen molar-refractivity contribution < 1.29 is 39.9 Å². The van der Waals surface area contributed by atoms with Crippen LogP contribution in [0.1, 0.15) is 83.1 Å². The van der Waals surface area contributed by atoms with E-state index in [1.54, 1.807) is 0 Å². The van der Waals surface area contributed by atoms with Crippen LogP contribution < -0.4 is 0 Å². The van der Waals surface area contributed by atoms with Gasteiger partial charge in [-0.05, 0) is 12.0 Å². The van der Waals surface area contributed by atoms with Crippen LogP contribution in [0.2, 0.25) is 0 Å². The lowest BCUT2D eigenvalue weighted by Crippen LogP contribution is -2.64. The average molecular weight is 512 g/mol. The first-order chi connectivity index (χ1) is 17.4. The molecule has 0 saturated carbocycles. The van der Waals surface area contributed by atoms with E-state index in [1.807, 2.05) is 30.3 Å². The van der Waals surface area contributed by atoms with Crippen LogP contribution in [0.15, 0.2) is 30.3 Å². The molecule has 0 aliphatic carbocycles. The number of carbonyl (C=O) groups excluding carboxylic acids is 1. The molecule has 0 aromatic heterocycles. The molecular weight excluding hydrogens is 466 g/mol. The van der Waals surface area contributed by atoms with Gasteiger partial charge in [0, 0.05) is 0 Å². The Morgan fingerprint density at radius 3 is 2.19 bits per heavy atom. The SMILES string of the molecule is CCCCCCCCCCCC(CC(=O)N(O)[C@H]1[C@@H](O)[C@H](O)[C@@H](CO)O[C@@H]1O)OCc1ccccc1. The molecule has 9 heteroatoms. The smallest absolute Gasteiger partial charge is 0.249 e. The van der Waals surface area contributed by atoms with E-state index in [0.29, 0.717) is 13.0 Å². The van der Waals surface area contributed by atoms with E-state index in [9.17, 15) is 30.4 Å². The highest BCUT2D eigenvalue weighted by Crippen LogP contribution is 2.25. The molecule has 1 heterocycles. The van der Waals surface area contributed by atoms with E-state index in [1.165, 1.54) is 38.5 Å². The maximum atomic E-state index is 12.9. The number of hydroxylamine groups is 2. The van der Waals surface area contributed by atoms with Crippen LogP contribution in [-0.4, -0.2) is 80.0 Å². The number of hydrogen-bond donors (Lipinski definition) is 5. The second kappa shape index (κ2) is 17.0. The fourth-order valence-corrected chi connectivity index (χ4v) is 4.52. The van der Waals surface area contributed by atoms with Crippen molar-refractivity contribution in [2.75, 3.05) is 6.61 Å². The number of amides is 1. The average Bonchev–Trinajstić information content (AvgIpc) is 2.88. The van der Waals surface area contributed by atoms with E-state index in [-0.39, 0.29) is 11.5 Å². The summed E-state index contributed by atoms with van der Waals surface area (Å²) in [4.78, 5) is 12.9. The molecule has 1 amide bonds. The summed E-state index contributed by atoms with van der Waals surface area (Å²) >= 11 is 0. The number of carbonyl (C=O) groups is 1. The minimum atomic E-state index is -1.77. The van der Waals surface area contributed by atoms with Crippen molar-refractivity contribution in [2.24, 2.45) is 0 Å². The van der Waals surface area contributed by atoms with Gasteiger partial charge in [-0.3, -0.25) is 10.0 Å². The van der Waals surface area contributed by atoms with Crippen LogP contribution in [0.25, 0.3) is 0 Å². The Morgan fingerprint density at radius 1 is 0.972 bits per heavy atom. The van der Waals surface area contributed by atoms with Crippen molar-refractivity contribution in [3.05, 3.63) is 35.9 Å². The summed E-state index contributed by atoms with van der Waals surface area (Å²) < 4.78 is 11.1. The highest BCUT2D eigenvalue weighted by Gasteiger charge is 2.47. The predicted octanol–water partition coefficient (Wildman–Crippen LogP) is 2.90. The number of benzene rings is 1. The molecule has 1 aliphatic heterocycles. The van der Waals surface area contributed by atoms with Crippen molar-refractivity contribution in [1.29, 1.82) is 0 Å². The van der Waals surface area contributed by atoms with E-state index >= 15 is 0 Å². The molecule has 1 fully saturated rings. The summed E-state index contributed by atoms with van der Waals surface area (Å²) in [6.07, 6.45) is 4.30. The number of nitrogens with zero attached hydrogens (tertiary/aromatic N) is 1. The molecule has 0 bridgehead atoms. The number of ether oxygens (including phenoxy) is 2. The second-order valence-electron chi connectivity index (χ2n) is 9.70. The summed E-state index contributed by atoms with van der Waals surface area (Å²) in [6, 6.07) is 8.01. The maximum Gasteiger partial charge on any atom is 0.249 e.